The number of aliphatic carboxylic acids is 1. The number of rotatable bonds is 3. The molecule has 1 fully saturated rings. The molecule has 0 saturated carbocycles. The minimum absolute atomic E-state index is 0.0419. The van der Waals surface area contributed by atoms with E-state index in [2.05, 4.69) is 5.32 Å². The van der Waals surface area contributed by atoms with Gasteiger partial charge in [-0.3, -0.25) is 0 Å². The van der Waals surface area contributed by atoms with Crippen LogP contribution in [-0.2, 0) is 14.6 Å². The average Bonchev–Trinajstić information content (AvgIpc) is 2.26. The Labute approximate surface area is 70.7 Å². The van der Waals surface area contributed by atoms with Gasteiger partial charge in [0, 0.05) is 12.6 Å². The van der Waals surface area contributed by atoms with Crippen LogP contribution in [0.15, 0.2) is 0 Å². The van der Waals surface area contributed by atoms with Gasteiger partial charge in [-0.05, 0) is 6.42 Å². The van der Waals surface area contributed by atoms with Gasteiger partial charge in [0.15, 0.2) is 9.84 Å². The van der Waals surface area contributed by atoms with Gasteiger partial charge in [0.25, 0.3) is 0 Å². The molecule has 0 aromatic rings. The summed E-state index contributed by atoms with van der Waals surface area (Å²) in [6, 6.07) is -0.215. The zero-order valence-electron chi connectivity index (χ0n) is 6.45. The molecule has 0 bridgehead atoms. The molecule has 5 nitrogen and oxygen atoms in total. The largest absolute Gasteiger partial charge is 0.549 e. The summed E-state index contributed by atoms with van der Waals surface area (Å²) in [6.45, 7) is -0.278. The third kappa shape index (κ3) is 2.78. The number of carbonyl (C=O) groups excluding carboxylic acids is 1. The summed E-state index contributed by atoms with van der Waals surface area (Å²) in [4.78, 5) is 9.99. The van der Waals surface area contributed by atoms with Gasteiger partial charge in [-0.15, -0.1) is 0 Å². The molecule has 1 aliphatic heterocycles. The van der Waals surface area contributed by atoms with E-state index in [4.69, 9.17) is 0 Å². The SMILES string of the molecule is O=C([O-])CNC1CCS(=O)(=O)C1. The second-order valence-electron chi connectivity index (χ2n) is 2.85. The Kier molecular flexibility index (Phi) is 2.69. The summed E-state index contributed by atoms with van der Waals surface area (Å²) in [5.74, 6) is -1.02. The van der Waals surface area contributed by atoms with E-state index in [1.54, 1.807) is 0 Å². The second-order valence-corrected chi connectivity index (χ2v) is 5.08. The Hall–Kier alpha value is -0.620. The lowest BCUT2D eigenvalue weighted by molar-refractivity contribution is -0.304. The van der Waals surface area contributed by atoms with Gasteiger partial charge in [0.05, 0.1) is 17.5 Å². The molecule has 6 heteroatoms. The fourth-order valence-corrected chi connectivity index (χ4v) is 2.89. The fourth-order valence-electron chi connectivity index (χ4n) is 1.18. The van der Waals surface area contributed by atoms with Crippen LogP contribution in [-0.4, -0.2) is 38.5 Å². The Balaban J connectivity index is 2.34. The van der Waals surface area contributed by atoms with Crippen LogP contribution in [0.3, 0.4) is 0 Å². The average molecular weight is 192 g/mol. The van der Waals surface area contributed by atoms with E-state index in [0.29, 0.717) is 6.42 Å². The summed E-state index contributed by atoms with van der Waals surface area (Å²) in [5, 5.41) is 12.6. The van der Waals surface area contributed by atoms with Crippen molar-refractivity contribution in [3.8, 4) is 0 Å². The molecule has 0 aliphatic carbocycles. The highest BCUT2D eigenvalue weighted by atomic mass is 32.2. The Morgan fingerprint density at radius 1 is 1.58 bits per heavy atom. The molecule has 0 amide bonds. The number of hydrogen-bond donors (Lipinski definition) is 1. The van der Waals surface area contributed by atoms with E-state index < -0.39 is 15.8 Å². The van der Waals surface area contributed by atoms with Crippen molar-refractivity contribution in [2.75, 3.05) is 18.1 Å². The maximum atomic E-state index is 10.9. The first kappa shape index (κ1) is 9.47. The summed E-state index contributed by atoms with van der Waals surface area (Å²) >= 11 is 0. The number of carboxylic acid groups (broad SMARTS) is 1. The number of carbonyl (C=O) groups is 1. The van der Waals surface area contributed by atoms with Crippen LogP contribution in [0.25, 0.3) is 0 Å². The van der Waals surface area contributed by atoms with Gasteiger partial charge in [0.1, 0.15) is 0 Å². The Bertz CT molecular complexity index is 271. The van der Waals surface area contributed by atoms with Crippen LogP contribution in [0.4, 0.5) is 0 Å². The molecule has 1 saturated heterocycles. The van der Waals surface area contributed by atoms with Crippen molar-refractivity contribution in [1.82, 2.24) is 5.32 Å². The van der Waals surface area contributed by atoms with E-state index >= 15 is 0 Å². The summed E-state index contributed by atoms with van der Waals surface area (Å²) in [6.07, 6.45) is 0.496. The van der Waals surface area contributed by atoms with Crippen molar-refractivity contribution in [2.45, 2.75) is 12.5 Å². The molecule has 0 spiro atoms. The van der Waals surface area contributed by atoms with E-state index in [-0.39, 0.29) is 24.1 Å². The summed E-state index contributed by atoms with van der Waals surface area (Å²) in [5.41, 5.74) is 0. The van der Waals surface area contributed by atoms with Crippen LogP contribution in [0.1, 0.15) is 6.42 Å². The van der Waals surface area contributed by atoms with E-state index in [1.807, 2.05) is 0 Å². The molecule has 70 valence electrons. The maximum absolute atomic E-state index is 10.9. The van der Waals surface area contributed by atoms with Crippen molar-refractivity contribution >= 4 is 15.8 Å². The molecule has 1 heterocycles. The van der Waals surface area contributed by atoms with Gasteiger partial charge >= 0.3 is 0 Å². The first-order chi connectivity index (χ1) is 5.49. The number of hydrogen-bond acceptors (Lipinski definition) is 5. The van der Waals surface area contributed by atoms with Crippen LogP contribution >= 0.6 is 0 Å². The highest BCUT2D eigenvalue weighted by molar-refractivity contribution is 7.91. The van der Waals surface area contributed by atoms with Crippen molar-refractivity contribution in [3.63, 3.8) is 0 Å². The lowest BCUT2D eigenvalue weighted by Gasteiger charge is -2.10. The highest BCUT2D eigenvalue weighted by Crippen LogP contribution is 2.10. The molecular weight excluding hydrogens is 182 g/mol. The van der Waals surface area contributed by atoms with E-state index in [0.717, 1.165) is 0 Å². The minimum atomic E-state index is -2.92. The summed E-state index contributed by atoms with van der Waals surface area (Å²) in [7, 11) is -2.92. The van der Waals surface area contributed by atoms with E-state index in [9.17, 15) is 18.3 Å². The van der Waals surface area contributed by atoms with Crippen LogP contribution in [0.2, 0.25) is 0 Å². The molecule has 0 aromatic carbocycles. The van der Waals surface area contributed by atoms with Gasteiger partial charge in [0.2, 0.25) is 0 Å². The zero-order chi connectivity index (χ0) is 9.19. The molecule has 1 N–H and O–H groups in total. The summed E-state index contributed by atoms with van der Waals surface area (Å²) < 4.78 is 21.8. The lowest BCUT2D eigenvalue weighted by atomic mass is 10.3. The monoisotopic (exact) mass is 192 g/mol. The topological polar surface area (TPSA) is 86.3 Å². The standard InChI is InChI=1S/C6H11NO4S/c8-6(9)3-7-5-1-2-12(10,11)4-5/h5,7H,1-4H2,(H,8,9)/p-1. The first-order valence-corrected chi connectivity index (χ1v) is 5.45. The molecule has 1 atom stereocenters. The first-order valence-electron chi connectivity index (χ1n) is 3.63. The molecular formula is C6H10NO4S-. The van der Waals surface area contributed by atoms with Crippen molar-refractivity contribution in [2.24, 2.45) is 0 Å². The Morgan fingerprint density at radius 2 is 2.25 bits per heavy atom. The van der Waals surface area contributed by atoms with Crippen molar-refractivity contribution in [3.05, 3.63) is 0 Å². The van der Waals surface area contributed by atoms with Crippen molar-refractivity contribution in [1.29, 1.82) is 0 Å². The zero-order valence-corrected chi connectivity index (χ0v) is 7.26. The second kappa shape index (κ2) is 3.40. The number of sulfone groups is 1. The third-order valence-corrected chi connectivity index (χ3v) is 3.54. The fraction of sp³-hybridized carbons (Fsp3) is 0.833. The molecule has 1 aliphatic rings. The smallest absolute Gasteiger partial charge is 0.151 e. The number of carboxylic acids is 1. The molecule has 1 unspecified atom stereocenters. The molecule has 1 rings (SSSR count). The predicted molar refractivity (Wildman–Crippen MR) is 40.1 cm³/mol. The van der Waals surface area contributed by atoms with Crippen LogP contribution in [0.5, 0.6) is 0 Å². The third-order valence-electron chi connectivity index (χ3n) is 1.77. The number of nitrogens with one attached hydrogen (secondary N) is 1. The Morgan fingerprint density at radius 3 is 2.67 bits per heavy atom. The van der Waals surface area contributed by atoms with Gasteiger partial charge < -0.3 is 15.2 Å². The highest BCUT2D eigenvalue weighted by Gasteiger charge is 2.26. The molecule has 0 radical (unpaired) electrons. The predicted octanol–water partition coefficient (Wildman–Crippen LogP) is -2.49. The molecule has 0 aromatic heterocycles. The van der Waals surface area contributed by atoms with Gasteiger partial charge in [-0.2, -0.15) is 0 Å². The normalized spacial score (nSPS) is 27.2. The lowest BCUT2D eigenvalue weighted by Crippen LogP contribution is -2.40. The minimum Gasteiger partial charge on any atom is -0.549 e. The van der Waals surface area contributed by atoms with E-state index in [1.165, 1.54) is 0 Å². The van der Waals surface area contributed by atoms with Crippen molar-refractivity contribution < 1.29 is 18.3 Å². The maximum Gasteiger partial charge on any atom is 0.151 e. The quantitative estimate of drug-likeness (QED) is 0.534. The van der Waals surface area contributed by atoms with Gasteiger partial charge in [-0.1, -0.05) is 0 Å². The van der Waals surface area contributed by atoms with Crippen LogP contribution < -0.4 is 10.4 Å². The van der Waals surface area contributed by atoms with Crippen LogP contribution in [0, 0.1) is 0 Å². The molecule has 12 heavy (non-hydrogen) atoms. The van der Waals surface area contributed by atoms with Gasteiger partial charge in [-0.25, -0.2) is 8.42 Å².